The summed E-state index contributed by atoms with van der Waals surface area (Å²) in [5.41, 5.74) is 9.68. The Morgan fingerprint density at radius 3 is 2.53 bits per heavy atom. The van der Waals surface area contributed by atoms with Crippen LogP contribution in [0.1, 0.15) is 19.8 Å². The SMILES string of the molecule is CCC(C(N)=O)N1CCC(N)(C(=O)O)C1. The summed E-state index contributed by atoms with van der Waals surface area (Å²) in [5, 5.41) is 8.92. The van der Waals surface area contributed by atoms with Crippen molar-refractivity contribution >= 4 is 11.9 Å². The van der Waals surface area contributed by atoms with Crippen LogP contribution in [0.4, 0.5) is 0 Å². The van der Waals surface area contributed by atoms with E-state index in [-0.39, 0.29) is 6.54 Å². The maximum absolute atomic E-state index is 11.1. The van der Waals surface area contributed by atoms with Gasteiger partial charge in [-0.1, -0.05) is 6.92 Å². The molecule has 6 heteroatoms. The lowest BCUT2D eigenvalue weighted by Gasteiger charge is -2.25. The molecule has 0 radical (unpaired) electrons. The van der Waals surface area contributed by atoms with Gasteiger partial charge in [-0.2, -0.15) is 0 Å². The van der Waals surface area contributed by atoms with Gasteiger partial charge in [0.05, 0.1) is 6.04 Å². The summed E-state index contributed by atoms with van der Waals surface area (Å²) in [5.74, 6) is -1.45. The highest BCUT2D eigenvalue weighted by atomic mass is 16.4. The first kappa shape index (κ1) is 11.9. The quantitative estimate of drug-likeness (QED) is 0.542. The van der Waals surface area contributed by atoms with Crippen molar-refractivity contribution in [2.24, 2.45) is 11.5 Å². The molecule has 15 heavy (non-hydrogen) atoms. The number of aliphatic carboxylic acids is 1. The minimum atomic E-state index is -1.23. The van der Waals surface area contributed by atoms with Gasteiger partial charge in [0.25, 0.3) is 0 Å². The number of likely N-dealkylation sites (tertiary alicyclic amines) is 1. The van der Waals surface area contributed by atoms with Crippen molar-refractivity contribution in [3.05, 3.63) is 0 Å². The van der Waals surface area contributed by atoms with Crippen LogP contribution in [0.5, 0.6) is 0 Å². The highest BCUT2D eigenvalue weighted by Crippen LogP contribution is 2.22. The molecule has 0 bridgehead atoms. The van der Waals surface area contributed by atoms with Gasteiger partial charge >= 0.3 is 5.97 Å². The fourth-order valence-corrected chi connectivity index (χ4v) is 1.94. The molecular formula is C9H17N3O3. The molecule has 0 aromatic carbocycles. The number of rotatable bonds is 4. The van der Waals surface area contributed by atoms with Crippen molar-refractivity contribution in [1.82, 2.24) is 4.90 Å². The van der Waals surface area contributed by atoms with Crippen LogP contribution in [0.3, 0.4) is 0 Å². The molecule has 1 aliphatic rings. The van der Waals surface area contributed by atoms with Crippen LogP contribution in [0, 0.1) is 0 Å². The zero-order valence-electron chi connectivity index (χ0n) is 8.77. The van der Waals surface area contributed by atoms with E-state index in [1.807, 2.05) is 6.92 Å². The van der Waals surface area contributed by atoms with E-state index in [1.54, 1.807) is 4.90 Å². The van der Waals surface area contributed by atoms with Gasteiger partial charge in [0, 0.05) is 13.1 Å². The van der Waals surface area contributed by atoms with Crippen LogP contribution in [-0.4, -0.2) is 46.6 Å². The minimum Gasteiger partial charge on any atom is -0.480 e. The standard InChI is InChI=1S/C9H17N3O3/c1-2-6(7(10)13)12-4-3-9(11,5-12)8(14)15/h6H,2-5,11H2,1H3,(H2,10,13)(H,14,15). The Morgan fingerprint density at radius 2 is 2.20 bits per heavy atom. The molecule has 1 saturated heterocycles. The van der Waals surface area contributed by atoms with Gasteiger partial charge in [-0.25, -0.2) is 0 Å². The average molecular weight is 215 g/mol. The smallest absolute Gasteiger partial charge is 0.325 e. The molecule has 2 unspecified atom stereocenters. The number of carbonyl (C=O) groups is 2. The summed E-state index contributed by atoms with van der Waals surface area (Å²) in [6, 6.07) is -0.408. The monoisotopic (exact) mass is 215 g/mol. The molecule has 0 aromatic heterocycles. The van der Waals surface area contributed by atoms with Crippen molar-refractivity contribution in [1.29, 1.82) is 0 Å². The van der Waals surface area contributed by atoms with E-state index in [0.29, 0.717) is 19.4 Å². The molecule has 0 aromatic rings. The van der Waals surface area contributed by atoms with E-state index >= 15 is 0 Å². The third-order valence-electron chi connectivity index (χ3n) is 2.91. The molecule has 0 spiro atoms. The molecular weight excluding hydrogens is 198 g/mol. The average Bonchev–Trinajstić information content (AvgIpc) is 2.50. The topological polar surface area (TPSA) is 110 Å². The first-order valence-electron chi connectivity index (χ1n) is 4.96. The number of primary amides is 1. The predicted octanol–water partition coefficient (Wildman–Crippen LogP) is -1.26. The summed E-state index contributed by atoms with van der Waals surface area (Å²) in [6.45, 7) is 2.53. The summed E-state index contributed by atoms with van der Waals surface area (Å²) in [6.07, 6.45) is 0.928. The highest BCUT2D eigenvalue weighted by molar-refractivity contribution is 5.81. The Kier molecular flexibility index (Phi) is 3.31. The molecule has 6 nitrogen and oxygen atoms in total. The fourth-order valence-electron chi connectivity index (χ4n) is 1.94. The molecule has 1 rings (SSSR count). The van der Waals surface area contributed by atoms with Gasteiger partial charge in [-0.15, -0.1) is 0 Å². The number of carboxylic acids is 1. The Hall–Kier alpha value is -1.14. The molecule has 2 atom stereocenters. The van der Waals surface area contributed by atoms with Gasteiger partial charge in [-0.3, -0.25) is 14.5 Å². The second kappa shape index (κ2) is 4.16. The second-order valence-electron chi connectivity index (χ2n) is 4.01. The number of amides is 1. The number of nitrogens with zero attached hydrogens (tertiary/aromatic N) is 1. The van der Waals surface area contributed by atoms with Crippen LogP contribution in [0.15, 0.2) is 0 Å². The number of hydrogen-bond acceptors (Lipinski definition) is 4. The van der Waals surface area contributed by atoms with Crippen LogP contribution >= 0.6 is 0 Å². The predicted molar refractivity (Wildman–Crippen MR) is 54.0 cm³/mol. The third-order valence-corrected chi connectivity index (χ3v) is 2.91. The van der Waals surface area contributed by atoms with E-state index < -0.39 is 23.5 Å². The highest BCUT2D eigenvalue weighted by Gasteiger charge is 2.43. The molecule has 0 saturated carbocycles. The normalized spacial score (nSPS) is 28.9. The van der Waals surface area contributed by atoms with Gasteiger partial charge in [-0.05, 0) is 12.8 Å². The summed E-state index contributed by atoms with van der Waals surface area (Å²) in [4.78, 5) is 23.7. The molecule has 1 amide bonds. The maximum atomic E-state index is 11.1. The van der Waals surface area contributed by atoms with Crippen LogP contribution in [0.25, 0.3) is 0 Å². The van der Waals surface area contributed by atoms with E-state index in [2.05, 4.69) is 0 Å². The summed E-state index contributed by atoms with van der Waals surface area (Å²) >= 11 is 0. The minimum absolute atomic E-state index is 0.184. The largest absolute Gasteiger partial charge is 0.480 e. The lowest BCUT2D eigenvalue weighted by molar-refractivity contribution is -0.143. The van der Waals surface area contributed by atoms with Gasteiger partial charge in [0.2, 0.25) is 5.91 Å². The van der Waals surface area contributed by atoms with Crippen molar-refractivity contribution in [3.63, 3.8) is 0 Å². The summed E-state index contributed by atoms with van der Waals surface area (Å²) < 4.78 is 0. The first-order valence-corrected chi connectivity index (χ1v) is 4.96. The zero-order valence-corrected chi connectivity index (χ0v) is 8.77. The van der Waals surface area contributed by atoms with Crippen molar-refractivity contribution in [3.8, 4) is 0 Å². The Balaban J connectivity index is 2.70. The fraction of sp³-hybridized carbons (Fsp3) is 0.778. The van der Waals surface area contributed by atoms with E-state index in [1.165, 1.54) is 0 Å². The zero-order chi connectivity index (χ0) is 11.6. The molecule has 5 N–H and O–H groups in total. The molecule has 1 fully saturated rings. The molecule has 1 aliphatic heterocycles. The number of carboxylic acid groups (broad SMARTS) is 1. The van der Waals surface area contributed by atoms with Crippen molar-refractivity contribution < 1.29 is 14.7 Å². The molecule has 86 valence electrons. The summed E-state index contributed by atoms with van der Waals surface area (Å²) in [7, 11) is 0. The van der Waals surface area contributed by atoms with Crippen LogP contribution < -0.4 is 11.5 Å². The maximum Gasteiger partial charge on any atom is 0.325 e. The Labute approximate surface area is 88.2 Å². The second-order valence-corrected chi connectivity index (χ2v) is 4.01. The molecule has 1 heterocycles. The molecule has 0 aliphatic carbocycles. The number of nitrogens with two attached hydrogens (primary N) is 2. The van der Waals surface area contributed by atoms with Crippen molar-refractivity contribution in [2.45, 2.75) is 31.3 Å². The number of hydrogen-bond donors (Lipinski definition) is 3. The van der Waals surface area contributed by atoms with Gasteiger partial charge < -0.3 is 16.6 Å². The van der Waals surface area contributed by atoms with Crippen LogP contribution in [0.2, 0.25) is 0 Å². The lowest BCUT2D eigenvalue weighted by atomic mass is 10.0. The van der Waals surface area contributed by atoms with E-state index in [9.17, 15) is 9.59 Å². The van der Waals surface area contributed by atoms with Gasteiger partial charge in [0.1, 0.15) is 5.54 Å². The first-order chi connectivity index (χ1) is 6.90. The van der Waals surface area contributed by atoms with E-state index in [4.69, 9.17) is 16.6 Å². The lowest BCUT2D eigenvalue weighted by Crippen LogP contribution is -2.52. The third kappa shape index (κ3) is 2.27. The van der Waals surface area contributed by atoms with Crippen molar-refractivity contribution in [2.75, 3.05) is 13.1 Å². The Morgan fingerprint density at radius 1 is 1.60 bits per heavy atom. The Bertz CT molecular complexity index is 282. The van der Waals surface area contributed by atoms with E-state index in [0.717, 1.165) is 0 Å². The van der Waals surface area contributed by atoms with Crippen LogP contribution in [-0.2, 0) is 9.59 Å². The number of carbonyl (C=O) groups excluding carboxylic acids is 1. The van der Waals surface area contributed by atoms with Gasteiger partial charge in [0.15, 0.2) is 0 Å².